The van der Waals surface area contributed by atoms with Gasteiger partial charge in [-0.05, 0) is 24.0 Å². The Morgan fingerprint density at radius 3 is 2.71 bits per heavy atom. The summed E-state index contributed by atoms with van der Waals surface area (Å²) in [6.07, 6.45) is 3.31. The maximum atomic E-state index is 5.53. The number of rotatable bonds is 5. The van der Waals surface area contributed by atoms with Gasteiger partial charge in [-0.25, -0.2) is 0 Å². The molecule has 0 saturated heterocycles. The molecule has 0 fully saturated rings. The van der Waals surface area contributed by atoms with Crippen LogP contribution < -0.4 is 11.3 Å². The van der Waals surface area contributed by atoms with Gasteiger partial charge < -0.3 is 0 Å². The number of benzene rings is 1. The van der Waals surface area contributed by atoms with Crippen molar-refractivity contribution in [1.82, 2.24) is 5.43 Å². The molecule has 14 heavy (non-hydrogen) atoms. The zero-order valence-electron chi connectivity index (χ0n) is 9.09. The Hall–Kier alpha value is -0.860. The van der Waals surface area contributed by atoms with Crippen LogP contribution in [-0.4, -0.2) is 0 Å². The normalized spacial score (nSPS) is 12.8. The summed E-state index contributed by atoms with van der Waals surface area (Å²) < 4.78 is 0. The van der Waals surface area contributed by atoms with Gasteiger partial charge in [0.25, 0.3) is 0 Å². The van der Waals surface area contributed by atoms with E-state index >= 15 is 0 Å². The van der Waals surface area contributed by atoms with Gasteiger partial charge in [0.1, 0.15) is 0 Å². The highest BCUT2D eigenvalue weighted by atomic mass is 15.2. The van der Waals surface area contributed by atoms with Crippen molar-refractivity contribution in [3.8, 4) is 0 Å². The quantitative estimate of drug-likeness (QED) is 0.556. The second kappa shape index (κ2) is 5.78. The molecule has 1 unspecified atom stereocenters. The minimum absolute atomic E-state index is 0.298. The van der Waals surface area contributed by atoms with E-state index in [1.54, 1.807) is 0 Å². The number of nitrogens with one attached hydrogen (secondary N) is 1. The van der Waals surface area contributed by atoms with E-state index in [1.165, 1.54) is 11.1 Å². The van der Waals surface area contributed by atoms with E-state index in [0.717, 1.165) is 19.3 Å². The van der Waals surface area contributed by atoms with Crippen LogP contribution in [0.4, 0.5) is 0 Å². The fourth-order valence-electron chi connectivity index (χ4n) is 1.66. The van der Waals surface area contributed by atoms with Crippen LogP contribution in [0.2, 0.25) is 0 Å². The van der Waals surface area contributed by atoms with E-state index in [1.807, 2.05) is 0 Å². The van der Waals surface area contributed by atoms with Crippen molar-refractivity contribution >= 4 is 0 Å². The summed E-state index contributed by atoms with van der Waals surface area (Å²) in [7, 11) is 0. The van der Waals surface area contributed by atoms with Crippen LogP contribution in [-0.2, 0) is 6.42 Å². The van der Waals surface area contributed by atoms with E-state index in [9.17, 15) is 0 Å². The van der Waals surface area contributed by atoms with Gasteiger partial charge in [0.05, 0.1) is 0 Å². The van der Waals surface area contributed by atoms with Crippen LogP contribution in [0.3, 0.4) is 0 Å². The summed E-state index contributed by atoms with van der Waals surface area (Å²) in [5, 5.41) is 0. The van der Waals surface area contributed by atoms with Gasteiger partial charge in [0.15, 0.2) is 0 Å². The molecule has 0 saturated carbocycles. The maximum absolute atomic E-state index is 5.53. The van der Waals surface area contributed by atoms with Crippen molar-refractivity contribution in [2.45, 2.75) is 39.2 Å². The molecule has 2 heteroatoms. The van der Waals surface area contributed by atoms with Crippen LogP contribution in [0.25, 0.3) is 0 Å². The molecule has 1 aromatic carbocycles. The zero-order valence-corrected chi connectivity index (χ0v) is 9.09. The number of aryl methyl sites for hydroxylation is 1. The first-order valence-electron chi connectivity index (χ1n) is 5.36. The first-order chi connectivity index (χ1) is 6.81. The predicted octanol–water partition coefficient (Wildman–Crippen LogP) is 2.55. The minimum Gasteiger partial charge on any atom is -0.271 e. The standard InChI is InChI=1S/C12H20N2/c1-3-6-12(14-13)11-8-5-7-10(4-2)9-11/h5,7-9,12,14H,3-4,6,13H2,1-2H3. The Morgan fingerprint density at radius 2 is 2.14 bits per heavy atom. The summed E-state index contributed by atoms with van der Waals surface area (Å²) in [5.41, 5.74) is 5.54. The van der Waals surface area contributed by atoms with E-state index in [2.05, 4.69) is 43.5 Å². The summed E-state index contributed by atoms with van der Waals surface area (Å²) in [5.74, 6) is 5.53. The summed E-state index contributed by atoms with van der Waals surface area (Å²) in [6.45, 7) is 4.35. The lowest BCUT2D eigenvalue weighted by Crippen LogP contribution is -2.27. The lowest BCUT2D eigenvalue weighted by molar-refractivity contribution is 0.510. The molecule has 0 spiro atoms. The lowest BCUT2D eigenvalue weighted by Gasteiger charge is -2.15. The SMILES string of the molecule is CCCC(NN)c1cccc(CC)c1. The molecule has 2 nitrogen and oxygen atoms in total. The van der Waals surface area contributed by atoms with Crippen molar-refractivity contribution in [3.05, 3.63) is 35.4 Å². The van der Waals surface area contributed by atoms with Gasteiger partial charge >= 0.3 is 0 Å². The summed E-state index contributed by atoms with van der Waals surface area (Å²) in [4.78, 5) is 0. The highest BCUT2D eigenvalue weighted by Gasteiger charge is 2.07. The van der Waals surface area contributed by atoms with Gasteiger partial charge in [-0.2, -0.15) is 0 Å². The molecular formula is C12H20N2. The monoisotopic (exact) mass is 192 g/mol. The molecule has 0 bridgehead atoms. The van der Waals surface area contributed by atoms with E-state index in [4.69, 9.17) is 5.84 Å². The Labute approximate surface area is 86.5 Å². The lowest BCUT2D eigenvalue weighted by atomic mass is 10.00. The highest BCUT2D eigenvalue weighted by Crippen LogP contribution is 2.18. The van der Waals surface area contributed by atoms with Gasteiger partial charge in [-0.15, -0.1) is 0 Å². The fourth-order valence-corrected chi connectivity index (χ4v) is 1.66. The molecule has 0 amide bonds. The molecule has 1 atom stereocenters. The predicted molar refractivity (Wildman–Crippen MR) is 60.8 cm³/mol. The number of nitrogens with two attached hydrogens (primary N) is 1. The Bertz CT molecular complexity index is 271. The van der Waals surface area contributed by atoms with Crippen LogP contribution >= 0.6 is 0 Å². The van der Waals surface area contributed by atoms with Crippen molar-refractivity contribution in [3.63, 3.8) is 0 Å². The molecule has 0 aliphatic heterocycles. The van der Waals surface area contributed by atoms with Crippen LogP contribution in [0.15, 0.2) is 24.3 Å². The average molecular weight is 192 g/mol. The van der Waals surface area contributed by atoms with Crippen molar-refractivity contribution in [1.29, 1.82) is 0 Å². The topological polar surface area (TPSA) is 38.0 Å². The third-order valence-corrected chi connectivity index (χ3v) is 2.54. The Morgan fingerprint density at radius 1 is 1.36 bits per heavy atom. The van der Waals surface area contributed by atoms with E-state index < -0.39 is 0 Å². The third kappa shape index (κ3) is 2.82. The molecule has 0 radical (unpaired) electrons. The average Bonchev–Trinajstić information content (AvgIpc) is 2.26. The van der Waals surface area contributed by atoms with Gasteiger partial charge in [-0.3, -0.25) is 11.3 Å². The Kier molecular flexibility index (Phi) is 4.63. The van der Waals surface area contributed by atoms with Crippen LogP contribution in [0.1, 0.15) is 43.9 Å². The molecule has 3 N–H and O–H groups in total. The van der Waals surface area contributed by atoms with E-state index in [0.29, 0.717) is 6.04 Å². The summed E-state index contributed by atoms with van der Waals surface area (Å²) >= 11 is 0. The second-order valence-corrected chi connectivity index (χ2v) is 3.61. The number of hydrogen-bond donors (Lipinski definition) is 2. The third-order valence-electron chi connectivity index (χ3n) is 2.54. The van der Waals surface area contributed by atoms with Gasteiger partial charge in [0, 0.05) is 6.04 Å². The molecule has 78 valence electrons. The highest BCUT2D eigenvalue weighted by molar-refractivity contribution is 5.25. The summed E-state index contributed by atoms with van der Waals surface area (Å²) in [6, 6.07) is 8.93. The minimum atomic E-state index is 0.298. The Balaban J connectivity index is 2.80. The van der Waals surface area contributed by atoms with Gasteiger partial charge in [0.2, 0.25) is 0 Å². The molecule has 0 aliphatic rings. The van der Waals surface area contributed by atoms with Crippen LogP contribution in [0.5, 0.6) is 0 Å². The molecule has 0 aromatic heterocycles. The number of hydrogen-bond acceptors (Lipinski definition) is 2. The van der Waals surface area contributed by atoms with E-state index in [-0.39, 0.29) is 0 Å². The molecular weight excluding hydrogens is 172 g/mol. The zero-order chi connectivity index (χ0) is 10.4. The molecule has 0 heterocycles. The first kappa shape index (κ1) is 11.2. The van der Waals surface area contributed by atoms with Gasteiger partial charge in [-0.1, -0.05) is 44.5 Å². The molecule has 0 aliphatic carbocycles. The molecule has 1 aromatic rings. The number of hydrazine groups is 1. The van der Waals surface area contributed by atoms with Crippen molar-refractivity contribution in [2.24, 2.45) is 5.84 Å². The largest absolute Gasteiger partial charge is 0.271 e. The van der Waals surface area contributed by atoms with Crippen molar-refractivity contribution in [2.75, 3.05) is 0 Å². The fraction of sp³-hybridized carbons (Fsp3) is 0.500. The smallest absolute Gasteiger partial charge is 0.0460 e. The molecule has 1 rings (SSSR count). The van der Waals surface area contributed by atoms with Crippen molar-refractivity contribution < 1.29 is 0 Å². The second-order valence-electron chi connectivity index (χ2n) is 3.61. The maximum Gasteiger partial charge on any atom is 0.0460 e. The first-order valence-corrected chi connectivity index (χ1v) is 5.36. The van der Waals surface area contributed by atoms with Crippen LogP contribution in [0, 0.1) is 0 Å².